The highest BCUT2D eigenvalue weighted by Crippen LogP contribution is 2.32. The first-order valence-corrected chi connectivity index (χ1v) is 7.08. The van der Waals surface area contributed by atoms with E-state index in [0.717, 1.165) is 28.5 Å². The molecule has 0 spiro atoms. The molecule has 0 fully saturated rings. The molecule has 0 unspecified atom stereocenters. The molecule has 0 amide bonds. The number of hydrogen-bond acceptors (Lipinski definition) is 3. The first-order valence-electron chi connectivity index (χ1n) is 7.08. The van der Waals surface area contributed by atoms with Gasteiger partial charge in [0.15, 0.2) is 0 Å². The zero-order chi connectivity index (χ0) is 15.7. The fourth-order valence-electron chi connectivity index (χ4n) is 2.17. The lowest BCUT2D eigenvalue weighted by molar-refractivity contribution is 0.553. The summed E-state index contributed by atoms with van der Waals surface area (Å²) in [6, 6.07) is 8.15. The van der Waals surface area contributed by atoms with Crippen LogP contribution in [0.4, 0.5) is 4.39 Å². The van der Waals surface area contributed by atoms with Crippen LogP contribution in [-0.2, 0) is 5.41 Å². The summed E-state index contributed by atoms with van der Waals surface area (Å²) < 4.78 is 13.2. The van der Waals surface area contributed by atoms with Gasteiger partial charge in [-0.15, -0.1) is 0 Å². The van der Waals surface area contributed by atoms with Crippen LogP contribution in [0.5, 0.6) is 0 Å². The van der Waals surface area contributed by atoms with Crippen LogP contribution in [0, 0.1) is 5.82 Å². The Bertz CT molecular complexity index is 771. The highest BCUT2D eigenvalue weighted by Gasteiger charge is 2.22. The molecule has 0 atom stereocenters. The number of aromatic nitrogens is 4. The fourth-order valence-corrected chi connectivity index (χ4v) is 2.17. The van der Waals surface area contributed by atoms with Gasteiger partial charge >= 0.3 is 0 Å². The number of benzene rings is 1. The van der Waals surface area contributed by atoms with Crippen LogP contribution >= 0.6 is 0 Å². The minimum atomic E-state index is -0.265. The van der Waals surface area contributed by atoms with Crippen molar-refractivity contribution in [2.24, 2.45) is 0 Å². The number of H-pyrrole nitrogens is 1. The van der Waals surface area contributed by atoms with E-state index in [0.29, 0.717) is 0 Å². The van der Waals surface area contributed by atoms with Gasteiger partial charge < -0.3 is 4.98 Å². The van der Waals surface area contributed by atoms with Crippen molar-refractivity contribution >= 4 is 0 Å². The van der Waals surface area contributed by atoms with Gasteiger partial charge in [-0.1, -0.05) is 20.8 Å². The van der Waals surface area contributed by atoms with E-state index in [9.17, 15) is 4.39 Å². The predicted molar refractivity (Wildman–Crippen MR) is 83.7 cm³/mol. The van der Waals surface area contributed by atoms with Gasteiger partial charge in [-0.05, 0) is 30.3 Å². The molecule has 112 valence electrons. The van der Waals surface area contributed by atoms with E-state index in [2.05, 4.69) is 35.7 Å². The topological polar surface area (TPSA) is 54.5 Å². The molecular formula is C17H17FN4. The zero-order valence-corrected chi connectivity index (χ0v) is 12.8. The molecule has 2 heterocycles. The summed E-state index contributed by atoms with van der Waals surface area (Å²) >= 11 is 0. The van der Waals surface area contributed by atoms with Gasteiger partial charge in [0.1, 0.15) is 18.0 Å². The summed E-state index contributed by atoms with van der Waals surface area (Å²) in [6.07, 6.45) is 3.19. The lowest BCUT2D eigenvalue weighted by atomic mass is 9.96. The summed E-state index contributed by atoms with van der Waals surface area (Å²) in [7, 11) is 0. The average molecular weight is 296 g/mol. The second-order valence-electron chi connectivity index (χ2n) is 6.16. The van der Waals surface area contributed by atoms with Crippen LogP contribution in [0.15, 0.2) is 42.9 Å². The van der Waals surface area contributed by atoms with E-state index in [1.165, 1.54) is 18.5 Å². The molecule has 3 aromatic rings. The van der Waals surface area contributed by atoms with E-state index in [1.54, 1.807) is 18.3 Å². The first kappa shape index (κ1) is 14.4. The van der Waals surface area contributed by atoms with E-state index >= 15 is 0 Å². The van der Waals surface area contributed by atoms with Gasteiger partial charge in [0, 0.05) is 17.2 Å². The number of hydrogen-bond donors (Lipinski definition) is 1. The van der Waals surface area contributed by atoms with E-state index in [-0.39, 0.29) is 11.2 Å². The highest BCUT2D eigenvalue weighted by molar-refractivity contribution is 5.76. The lowest BCUT2D eigenvalue weighted by Gasteiger charge is -2.14. The molecule has 5 heteroatoms. The highest BCUT2D eigenvalue weighted by atomic mass is 19.1. The Morgan fingerprint density at radius 3 is 2.36 bits per heavy atom. The van der Waals surface area contributed by atoms with Gasteiger partial charge in [-0.25, -0.2) is 19.3 Å². The predicted octanol–water partition coefficient (Wildman–Crippen LogP) is 3.97. The van der Waals surface area contributed by atoms with Gasteiger partial charge in [0.05, 0.1) is 17.1 Å². The maximum absolute atomic E-state index is 13.2. The molecule has 2 aromatic heterocycles. The molecule has 0 aliphatic rings. The molecule has 1 N–H and O–H groups in total. The van der Waals surface area contributed by atoms with Crippen LogP contribution in [0.25, 0.3) is 22.6 Å². The minimum absolute atomic E-state index is 0.125. The number of imidazole rings is 1. The van der Waals surface area contributed by atoms with Crippen LogP contribution in [0.1, 0.15) is 26.6 Å². The molecule has 22 heavy (non-hydrogen) atoms. The summed E-state index contributed by atoms with van der Waals surface area (Å²) in [5.74, 6) is 0.597. The van der Waals surface area contributed by atoms with Crippen molar-refractivity contribution in [1.82, 2.24) is 19.9 Å². The maximum atomic E-state index is 13.2. The zero-order valence-electron chi connectivity index (χ0n) is 12.8. The molecule has 0 aliphatic carbocycles. The van der Waals surface area contributed by atoms with Crippen molar-refractivity contribution in [3.05, 3.63) is 54.5 Å². The Hall–Kier alpha value is -2.56. The van der Waals surface area contributed by atoms with Crippen LogP contribution in [0.2, 0.25) is 0 Å². The fraction of sp³-hybridized carbons (Fsp3) is 0.235. The Kier molecular flexibility index (Phi) is 3.48. The molecule has 0 saturated heterocycles. The van der Waals surface area contributed by atoms with Crippen molar-refractivity contribution in [3.8, 4) is 22.6 Å². The van der Waals surface area contributed by atoms with Gasteiger partial charge in [0.2, 0.25) is 0 Å². The number of nitrogens with zero attached hydrogens (tertiary/aromatic N) is 3. The van der Waals surface area contributed by atoms with Crippen molar-refractivity contribution in [2.75, 3.05) is 0 Å². The lowest BCUT2D eigenvalue weighted by Crippen LogP contribution is -2.13. The number of aromatic amines is 1. The Morgan fingerprint density at radius 2 is 1.77 bits per heavy atom. The smallest absolute Gasteiger partial charge is 0.123 e. The van der Waals surface area contributed by atoms with Crippen molar-refractivity contribution in [3.63, 3.8) is 0 Å². The van der Waals surface area contributed by atoms with Gasteiger partial charge in [-0.2, -0.15) is 0 Å². The molecule has 0 radical (unpaired) electrons. The molecule has 1 aromatic carbocycles. The summed E-state index contributed by atoms with van der Waals surface area (Å²) in [5, 5.41) is 0. The first-order chi connectivity index (χ1) is 10.4. The molecule has 0 aliphatic heterocycles. The molecular weight excluding hydrogens is 279 g/mol. The second-order valence-corrected chi connectivity index (χ2v) is 6.16. The Morgan fingerprint density at radius 1 is 1.05 bits per heavy atom. The largest absolute Gasteiger partial charge is 0.340 e. The van der Waals surface area contributed by atoms with E-state index < -0.39 is 0 Å². The number of nitrogens with one attached hydrogen (secondary N) is 1. The standard InChI is InChI=1S/C17H17FN4/c1-17(2,3)16-21-14(11-4-6-12(18)7-5-11)15(22-16)13-8-9-19-10-20-13/h4-10H,1-3H3,(H,21,22). The molecule has 3 rings (SSSR count). The van der Waals surface area contributed by atoms with Crippen LogP contribution in [0.3, 0.4) is 0 Å². The third-order valence-electron chi connectivity index (χ3n) is 3.37. The minimum Gasteiger partial charge on any atom is -0.340 e. The van der Waals surface area contributed by atoms with Crippen LogP contribution < -0.4 is 0 Å². The maximum Gasteiger partial charge on any atom is 0.123 e. The third kappa shape index (κ3) is 2.74. The number of halogens is 1. The Labute approximate surface area is 128 Å². The number of rotatable bonds is 2. The summed E-state index contributed by atoms with van der Waals surface area (Å²) in [5.41, 5.74) is 3.07. The van der Waals surface area contributed by atoms with Crippen molar-refractivity contribution < 1.29 is 4.39 Å². The third-order valence-corrected chi connectivity index (χ3v) is 3.37. The van der Waals surface area contributed by atoms with Crippen LogP contribution in [-0.4, -0.2) is 19.9 Å². The van der Waals surface area contributed by atoms with Gasteiger partial charge in [0.25, 0.3) is 0 Å². The molecule has 0 saturated carbocycles. The molecule has 4 nitrogen and oxygen atoms in total. The van der Waals surface area contributed by atoms with Crippen molar-refractivity contribution in [2.45, 2.75) is 26.2 Å². The van der Waals surface area contributed by atoms with Gasteiger partial charge in [-0.3, -0.25) is 0 Å². The summed E-state index contributed by atoms with van der Waals surface area (Å²) in [6.45, 7) is 6.26. The van der Waals surface area contributed by atoms with E-state index in [1.807, 2.05) is 6.07 Å². The SMILES string of the molecule is CC(C)(C)c1nc(-c2ccc(F)cc2)c(-c2ccncn2)[nH]1. The van der Waals surface area contributed by atoms with Crippen molar-refractivity contribution in [1.29, 1.82) is 0 Å². The quantitative estimate of drug-likeness (QED) is 0.778. The molecule has 0 bridgehead atoms. The monoisotopic (exact) mass is 296 g/mol. The average Bonchev–Trinajstić information content (AvgIpc) is 2.94. The Balaban J connectivity index is 2.19. The summed E-state index contributed by atoms with van der Waals surface area (Å²) in [4.78, 5) is 16.3. The normalized spacial score (nSPS) is 11.6. The van der Waals surface area contributed by atoms with E-state index in [4.69, 9.17) is 4.98 Å². The second kappa shape index (κ2) is 5.33.